The summed E-state index contributed by atoms with van der Waals surface area (Å²) in [6.07, 6.45) is 4.23. The maximum Gasteiger partial charge on any atom is 0.310 e. The van der Waals surface area contributed by atoms with E-state index in [0.717, 1.165) is 40.4 Å². The fourth-order valence-corrected chi connectivity index (χ4v) is 2.54. The first kappa shape index (κ1) is 14.1. The Bertz CT molecular complexity index is 517. The molecule has 0 saturated heterocycles. The molecule has 2 nitrogen and oxygen atoms in total. The lowest BCUT2D eigenvalue weighted by Crippen LogP contribution is -2.06. The number of hydrogen-bond acceptors (Lipinski definition) is 2. The van der Waals surface area contributed by atoms with Crippen molar-refractivity contribution < 1.29 is 9.53 Å². The van der Waals surface area contributed by atoms with Crippen molar-refractivity contribution in [1.29, 1.82) is 0 Å². The SMILES string of the molecule is C=C1C=C(CC(=O)OCCCCBr)c2ccccc21. The molecule has 100 valence electrons. The molecule has 0 aliphatic heterocycles. The Morgan fingerprint density at radius 2 is 1.95 bits per heavy atom. The Morgan fingerprint density at radius 3 is 2.68 bits per heavy atom. The molecule has 1 aromatic carbocycles. The topological polar surface area (TPSA) is 26.3 Å². The largest absolute Gasteiger partial charge is 0.465 e. The Kier molecular flexibility index (Phi) is 4.97. The quantitative estimate of drug-likeness (QED) is 0.446. The second-order valence-electron chi connectivity index (χ2n) is 4.53. The lowest BCUT2D eigenvalue weighted by atomic mass is 10.0. The van der Waals surface area contributed by atoms with Crippen molar-refractivity contribution in [2.24, 2.45) is 0 Å². The van der Waals surface area contributed by atoms with E-state index in [1.165, 1.54) is 0 Å². The van der Waals surface area contributed by atoms with Gasteiger partial charge in [-0.2, -0.15) is 0 Å². The molecule has 0 aromatic heterocycles. The Labute approximate surface area is 122 Å². The van der Waals surface area contributed by atoms with Gasteiger partial charge in [0.2, 0.25) is 0 Å². The van der Waals surface area contributed by atoms with Gasteiger partial charge in [0.25, 0.3) is 0 Å². The molecule has 0 heterocycles. The minimum Gasteiger partial charge on any atom is -0.465 e. The van der Waals surface area contributed by atoms with Crippen LogP contribution in [-0.2, 0) is 9.53 Å². The first-order chi connectivity index (χ1) is 9.22. The van der Waals surface area contributed by atoms with E-state index >= 15 is 0 Å². The van der Waals surface area contributed by atoms with Gasteiger partial charge in [0.15, 0.2) is 0 Å². The average molecular weight is 321 g/mol. The molecule has 0 bridgehead atoms. The lowest BCUT2D eigenvalue weighted by Gasteiger charge is -2.06. The minimum atomic E-state index is -0.162. The number of halogens is 1. The summed E-state index contributed by atoms with van der Waals surface area (Å²) in [5, 5.41) is 0.947. The molecule has 0 unspecified atom stereocenters. The smallest absolute Gasteiger partial charge is 0.310 e. The first-order valence-electron chi connectivity index (χ1n) is 6.43. The Balaban J connectivity index is 1.92. The normalized spacial score (nSPS) is 13.1. The molecule has 1 aromatic rings. The molecule has 0 spiro atoms. The van der Waals surface area contributed by atoms with Crippen molar-refractivity contribution in [3.63, 3.8) is 0 Å². The van der Waals surface area contributed by atoms with Crippen molar-refractivity contribution in [3.8, 4) is 0 Å². The van der Waals surface area contributed by atoms with Gasteiger partial charge in [-0.15, -0.1) is 0 Å². The van der Waals surface area contributed by atoms with Crippen molar-refractivity contribution in [2.75, 3.05) is 11.9 Å². The van der Waals surface area contributed by atoms with E-state index in [4.69, 9.17) is 4.74 Å². The van der Waals surface area contributed by atoms with Gasteiger partial charge in [0.05, 0.1) is 13.0 Å². The van der Waals surface area contributed by atoms with Gasteiger partial charge in [-0.1, -0.05) is 52.9 Å². The van der Waals surface area contributed by atoms with Gasteiger partial charge in [-0.05, 0) is 35.1 Å². The molecule has 0 radical (unpaired) electrons. The highest BCUT2D eigenvalue weighted by molar-refractivity contribution is 9.09. The highest BCUT2D eigenvalue weighted by atomic mass is 79.9. The Morgan fingerprint density at radius 1 is 1.21 bits per heavy atom. The molecule has 0 atom stereocenters. The van der Waals surface area contributed by atoms with Gasteiger partial charge < -0.3 is 4.74 Å². The molecular formula is C16H17BrO2. The second-order valence-corrected chi connectivity index (χ2v) is 5.33. The van der Waals surface area contributed by atoms with Crippen LogP contribution in [-0.4, -0.2) is 17.9 Å². The molecule has 0 saturated carbocycles. The van der Waals surface area contributed by atoms with E-state index in [9.17, 15) is 4.79 Å². The van der Waals surface area contributed by atoms with Crippen LogP contribution in [0.4, 0.5) is 0 Å². The number of hydrogen-bond donors (Lipinski definition) is 0. The van der Waals surface area contributed by atoms with Gasteiger partial charge in [0.1, 0.15) is 0 Å². The highest BCUT2D eigenvalue weighted by Crippen LogP contribution is 2.35. The van der Waals surface area contributed by atoms with Gasteiger partial charge in [-0.3, -0.25) is 4.79 Å². The molecular weight excluding hydrogens is 304 g/mol. The van der Waals surface area contributed by atoms with E-state index in [1.54, 1.807) is 0 Å². The first-order valence-corrected chi connectivity index (χ1v) is 7.55. The van der Waals surface area contributed by atoms with Crippen LogP contribution in [0, 0.1) is 0 Å². The molecule has 3 heteroatoms. The van der Waals surface area contributed by atoms with E-state index in [-0.39, 0.29) is 5.97 Å². The lowest BCUT2D eigenvalue weighted by molar-refractivity contribution is -0.142. The molecule has 1 aliphatic rings. The van der Waals surface area contributed by atoms with Crippen LogP contribution in [0.15, 0.2) is 36.9 Å². The molecule has 19 heavy (non-hydrogen) atoms. The van der Waals surface area contributed by atoms with E-state index in [1.807, 2.05) is 30.3 Å². The van der Waals surface area contributed by atoms with Crippen molar-refractivity contribution in [1.82, 2.24) is 0 Å². The molecule has 2 rings (SSSR count). The number of ether oxygens (including phenoxy) is 1. The predicted molar refractivity (Wildman–Crippen MR) is 82.1 cm³/mol. The summed E-state index contributed by atoms with van der Waals surface area (Å²) in [7, 11) is 0. The average Bonchev–Trinajstić information content (AvgIpc) is 2.72. The summed E-state index contributed by atoms with van der Waals surface area (Å²) in [6.45, 7) is 4.51. The van der Waals surface area contributed by atoms with Crippen LogP contribution >= 0.6 is 15.9 Å². The van der Waals surface area contributed by atoms with Crippen LogP contribution in [0.5, 0.6) is 0 Å². The number of carbonyl (C=O) groups excluding carboxylic acids is 1. The van der Waals surface area contributed by atoms with Crippen LogP contribution in [0.3, 0.4) is 0 Å². The maximum atomic E-state index is 11.8. The van der Waals surface area contributed by atoms with Gasteiger partial charge in [0, 0.05) is 5.33 Å². The summed E-state index contributed by atoms with van der Waals surface area (Å²) < 4.78 is 5.23. The summed E-state index contributed by atoms with van der Waals surface area (Å²) in [5.41, 5.74) is 4.19. The number of alkyl halides is 1. The van der Waals surface area contributed by atoms with E-state index in [2.05, 4.69) is 22.5 Å². The second kappa shape index (κ2) is 6.71. The van der Waals surface area contributed by atoms with Crippen LogP contribution in [0.1, 0.15) is 30.4 Å². The summed E-state index contributed by atoms with van der Waals surface area (Å²) in [6, 6.07) is 8.02. The van der Waals surface area contributed by atoms with Crippen molar-refractivity contribution in [3.05, 3.63) is 48.0 Å². The zero-order valence-electron chi connectivity index (χ0n) is 10.8. The fraction of sp³-hybridized carbons (Fsp3) is 0.312. The number of unbranched alkanes of at least 4 members (excludes halogenated alkanes) is 1. The number of benzene rings is 1. The van der Waals surface area contributed by atoms with Gasteiger partial charge in [-0.25, -0.2) is 0 Å². The summed E-state index contributed by atoms with van der Waals surface area (Å²) in [5.74, 6) is -0.162. The van der Waals surface area contributed by atoms with E-state index < -0.39 is 0 Å². The highest BCUT2D eigenvalue weighted by Gasteiger charge is 2.19. The minimum absolute atomic E-state index is 0.162. The number of fused-ring (bicyclic) bond motifs is 1. The van der Waals surface area contributed by atoms with Crippen molar-refractivity contribution in [2.45, 2.75) is 19.3 Å². The number of carbonyl (C=O) groups is 1. The third-order valence-electron chi connectivity index (χ3n) is 3.09. The molecule has 0 amide bonds. The summed E-state index contributed by atoms with van der Waals surface area (Å²) >= 11 is 3.35. The number of rotatable bonds is 6. The predicted octanol–water partition coefficient (Wildman–Crippen LogP) is 4.21. The van der Waals surface area contributed by atoms with Crippen LogP contribution in [0.25, 0.3) is 11.1 Å². The molecule has 1 aliphatic carbocycles. The number of allylic oxidation sites excluding steroid dienone is 2. The zero-order valence-corrected chi connectivity index (χ0v) is 12.4. The fourth-order valence-electron chi connectivity index (χ4n) is 2.14. The maximum absolute atomic E-state index is 11.8. The summed E-state index contributed by atoms with van der Waals surface area (Å²) in [4.78, 5) is 11.8. The van der Waals surface area contributed by atoms with Crippen LogP contribution < -0.4 is 0 Å². The standard InChI is InChI=1S/C16H17BrO2/c1-12-10-13(15-7-3-2-6-14(12)15)11-16(18)19-9-5-4-8-17/h2-3,6-7,10H,1,4-5,8-9,11H2. The third kappa shape index (κ3) is 3.57. The Hall–Kier alpha value is -1.35. The van der Waals surface area contributed by atoms with E-state index in [0.29, 0.717) is 13.0 Å². The zero-order chi connectivity index (χ0) is 13.7. The van der Waals surface area contributed by atoms with Crippen LogP contribution in [0.2, 0.25) is 0 Å². The molecule has 0 fully saturated rings. The monoisotopic (exact) mass is 320 g/mol. The third-order valence-corrected chi connectivity index (χ3v) is 3.65. The van der Waals surface area contributed by atoms with Crippen molar-refractivity contribution >= 4 is 33.0 Å². The number of esters is 1. The molecule has 0 N–H and O–H groups in total. The van der Waals surface area contributed by atoms with Gasteiger partial charge >= 0.3 is 5.97 Å².